The van der Waals surface area contributed by atoms with Gasteiger partial charge in [0, 0.05) is 24.7 Å². The number of hydrogen-bond acceptors (Lipinski definition) is 5. The molecule has 25 heavy (non-hydrogen) atoms. The number of rotatable bonds is 5. The van der Waals surface area contributed by atoms with Crippen molar-refractivity contribution in [3.05, 3.63) is 42.6 Å². The fourth-order valence-corrected chi connectivity index (χ4v) is 3.25. The van der Waals surface area contributed by atoms with Gasteiger partial charge in [-0.3, -0.25) is 4.90 Å². The van der Waals surface area contributed by atoms with Gasteiger partial charge < -0.3 is 9.47 Å². The van der Waals surface area contributed by atoms with Crippen LogP contribution < -0.4 is 9.47 Å². The highest BCUT2D eigenvalue weighted by Crippen LogP contribution is 2.25. The highest BCUT2D eigenvalue weighted by atomic mass is 16.5. The van der Waals surface area contributed by atoms with Crippen molar-refractivity contribution in [2.24, 2.45) is 0 Å². The zero-order valence-corrected chi connectivity index (χ0v) is 14.6. The van der Waals surface area contributed by atoms with Crippen molar-refractivity contribution in [2.75, 3.05) is 26.7 Å². The Morgan fingerprint density at radius 2 is 2.16 bits per heavy atom. The number of imidazole rings is 1. The van der Waals surface area contributed by atoms with Crippen molar-refractivity contribution >= 4 is 5.65 Å². The molecular weight excluding hydrogens is 316 g/mol. The number of likely N-dealkylation sites (tertiary alicyclic amines) is 1. The zero-order chi connectivity index (χ0) is 17.2. The predicted molar refractivity (Wildman–Crippen MR) is 96.1 cm³/mol. The van der Waals surface area contributed by atoms with Crippen LogP contribution in [0.25, 0.3) is 16.9 Å². The molecule has 3 heterocycles. The molecule has 1 aliphatic rings. The lowest BCUT2D eigenvalue weighted by molar-refractivity contribution is 0.192. The average molecular weight is 338 g/mol. The molecule has 0 radical (unpaired) electrons. The first-order valence-corrected chi connectivity index (χ1v) is 8.65. The van der Waals surface area contributed by atoms with Gasteiger partial charge in [-0.25, -0.2) is 9.50 Å². The van der Waals surface area contributed by atoms with Gasteiger partial charge in [-0.2, -0.15) is 0 Å². The normalized spacial score (nSPS) is 17.9. The Morgan fingerprint density at radius 3 is 2.96 bits per heavy atom. The number of fused-ring (bicyclic) bond motifs is 1. The van der Waals surface area contributed by atoms with E-state index in [9.17, 15) is 0 Å². The molecule has 1 saturated heterocycles. The van der Waals surface area contributed by atoms with Crippen molar-refractivity contribution in [1.82, 2.24) is 19.5 Å². The lowest BCUT2D eigenvalue weighted by Gasteiger charge is -2.14. The van der Waals surface area contributed by atoms with Gasteiger partial charge in [-0.1, -0.05) is 19.1 Å². The Labute approximate surface area is 147 Å². The van der Waals surface area contributed by atoms with Gasteiger partial charge in [0.25, 0.3) is 0 Å². The van der Waals surface area contributed by atoms with E-state index in [0.717, 1.165) is 48.7 Å². The predicted octanol–water partition coefficient (Wildman–Crippen LogP) is 2.88. The number of methoxy groups -OCH3 is 1. The summed E-state index contributed by atoms with van der Waals surface area (Å²) in [6.45, 7) is 5.29. The Bertz CT molecular complexity index is 877. The quantitative estimate of drug-likeness (QED) is 0.716. The second-order valence-electron chi connectivity index (χ2n) is 6.24. The van der Waals surface area contributed by atoms with Crippen LogP contribution in [0.2, 0.25) is 0 Å². The zero-order valence-electron chi connectivity index (χ0n) is 14.6. The van der Waals surface area contributed by atoms with Gasteiger partial charge in [0.15, 0.2) is 5.65 Å². The van der Waals surface area contributed by atoms with Gasteiger partial charge in [-0.05, 0) is 31.2 Å². The van der Waals surface area contributed by atoms with Crippen molar-refractivity contribution in [3.8, 4) is 22.9 Å². The average Bonchev–Trinajstić information content (AvgIpc) is 3.28. The molecule has 6 nitrogen and oxygen atoms in total. The molecule has 0 spiro atoms. The van der Waals surface area contributed by atoms with Crippen molar-refractivity contribution < 1.29 is 9.47 Å². The first-order chi connectivity index (χ1) is 12.3. The van der Waals surface area contributed by atoms with E-state index in [0.29, 0.717) is 5.88 Å². The molecule has 1 aromatic carbocycles. The van der Waals surface area contributed by atoms with Crippen molar-refractivity contribution in [1.29, 1.82) is 0 Å². The molecule has 1 aliphatic heterocycles. The van der Waals surface area contributed by atoms with Crippen LogP contribution in [0, 0.1) is 0 Å². The lowest BCUT2D eigenvalue weighted by Crippen LogP contribution is -2.24. The maximum atomic E-state index is 6.09. The van der Waals surface area contributed by atoms with Crippen LogP contribution in [-0.2, 0) is 0 Å². The van der Waals surface area contributed by atoms with Gasteiger partial charge in [0.2, 0.25) is 5.88 Å². The largest absolute Gasteiger partial charge is 0.497 e. The molecule has 0 amide bonds. The van der Waals surface area contributed by atoms with Crippen molar-refractivity contribution in [3.63, 3.8) is 0 Å². The standard InChI is InChI=1S/C19H22N4O2/c1-3-22-10-9-16(13-22)25-19-8-7-18-20-12-17(23(18)21-19)14-5-4-6-15(11-14)24-2/h4-8,11-12,16H,3,9-10,13H2,1-2H3. The van der Waals surface area contributed by atoms with E-state index >= 15 is 0 Å². The van der Waals surface area contributed by atoms with E-state index in [1.165, 1.54) is 0 Å². The molecule has 0 bridgehead atoms. The Morgan fingerprint density at radius 1 is 1.24 bits per heavy atom. The SMILES string of the molecule is CCN1CCC(Oc2ccc3ncc(-c4cccc(OC)c4)n3n2)C1. The molecule has 1 unspecified atom stereocenters. The van der Waals surface area contributed by atoms with E-state index in [4.69, 9.17) is 9.47 Å². The van der Waals surface area contributed by atoms with Gasteiger partial charge >= 0.3 is 0 Å². The summed E-state index contributed by atoms with van der Waals surface area (Å²) in [4.78, 5) is 6.84. The maximum Gasteiger partial charge on any atom is 0.232 e. The minimum atomic E-state index is 0.202. The van der Waals surface area contributed by atoms with Gasteiger partial charge in [0.1, 0.15) is 11.9 Å². The summed E-state index contributed by atoms with van der Waals surface area (Å²) < 4.78 is 13.2. The van der Waals surface area contributed by atoms with Crippen LogP contribution in [0.15, 0.2) is 42.6 Å². The third kappa shape index (κ3) is 3.17. The number of nitrogens with zero attached hydrogens (tertiary/aromatic N) is 4. The van der Waals surface area contributed by atoms with E-state index in [1.54, 1.807) is 7.11 Å². The maximum absolute atomic E-state index is 6.09. The van der Waals surface area contributed by atoms with Crippen LogP contribution in [0.4, 0.5) is 0 Å². The molecule has 0 saturated carbocycles. The second-order valence-corrected chi connectivity index (χ2v) is 6.24. The van der Waals surface area contributed by atoms with Crippen LogP contribution in [0.3, 0.4) is 0 Å². The second kappa shape index (κ2) is 6.72. The number of benzene rings is 1. The summed E-state index contributed by atoms with van der Waals surface area (Å²) in [7, 11) is 1.67. The highest BCUT2D eigenvalue weighted by molar-refractivity contribution is 5.64. The summed E-state index contributed by atoms with van der Waals surface area (Å²) in [6, 6.07) is 11.7. The summed E-state index contributed by atoms with van der Waals surface area (Å²) in [5.41, 5.74) is 2.72. The van der Waals surface area contributed by atoms with Crippen LogP contribution in [0.5, 0.6) is 11.6 Å². The molecule has 1 atom stereocenters. The van der Waals surface area contributed by atoms with E-state index in [-0.39, 0.29) is 6.10 Å². The summed E-state index contributed by atoms with van der Waals surface area (Å²) in [5, 5.41) is 4.65. The van der Waals surface area contributed by atoms with Gasteiger partial charge in [-0.15, -0.1) is 5.10 Å². The fraction of sp³-hybridized carbons (Fsp3) is 0.368. The van der Waals surface area contributed by atoms with E-state index in [1.807, 2.05) is 47.1 Å². The van der Waals surface area contributed by atoms with E-state index in [2.05, 4.69) is 21.9 Å². The molecule has 6 heteroatoms. The lowest BCUT2D eigenvalue weighted by atomic mass is 10.1. The summed E-state index contributed by atoms with van der Waals surface area (Å²) >= 11 is 0. The topological polar surface area (TPSA) is 51.9 Å². The molecule has 3 aromatic rings. The number of aromatic nitrogens is 3. The Balaban J connectivity index is 1.63. The summed E-state index contributed by atoms with van der Waals surface area (Å²) in [5.74, 6) is 1.45. The Kier molecular flexibility index (Phi) is 4.28. The molecule has 2 aromatic heterocycles. The van der Waals surface area contributed by atoms with Crippen LogP contribution in [0.1, 0.15) is 13.3 Å². The number of ether oxygens (including phenoxy) is 2. The monoisotopic (exact) mass is 338 g/mol. The minimum absolute atomic E-state index is 0.202. The van der Waals surface area contributed by atoms with Crippen LogP contribution >= 0.6 is 0 Å². The third-order valence-electron chi connectivity index (χ3n) is 4.67. The summed E-state index contributed by atoms with van der Waals surface area (Å²) in [6.07, 6.45) is 3.07. The first kappa shape index (κ1) is 15.9. The number of hydrogen-bond donors (Lipinski definition) is 0. The van der Waals surface area contributed by atoms with Crippen LogP contribution in [-0.4, -0.2) is 52.3 Å². The number of likely N-dealkylation sites (N-methyl/N-ethyl adjacent to an activating group) is 1. The molecule has 1 fully saturated rings. The minimum Gasteiger partial charge on any atom is -0.497 e. The molecule has 0 N–H and O–H groups in total. The highest BCUT2D eigenvalue weighted by Gasteiger charge is 2.23. The third-order valence-corrected chi connectivity index (χ3v) is 4.67. The Hall–Kier alpha value is -2.60. The van der Waals surface area contributed by atoms with E-state index < -0.39 is 0 Å². The first-order valence-electron chi connectivity index (χ1n) is 8.65. The molecule has 0 aliphatic carbocycles. The smallest absolute Gasteiger partial charge is 0.232 e. The van der Waals surface area contributed by atoms with Crippen molar-refractivity contribution in [2.45, 2.75) is 19.4 Å². The molecular formula is C19H22N4O2. The molecule has 130 valence electrons. The molecule has 4 rings (SSSR count). The van der Waals surface area contributed by atoms with Gasteiger partial charge in [0.05, 0.1) is 19.0 Å². The fourth-order valence-electron chi connectivity index (χ4n) is 3.25.